The molecule has 3 nitrogen and oxygen atoms in total. The number of aryl methyl sites for hydroxylation is 1. The third kappa shape index (κ3) is 3.67. The minimum absolute atomic E-state index is 0.106. The number of ether oxygens (including phenoxy) is 1. The molecule has 1 N–H and O–H groups in total. The molecule has 2 aromatic rings. The number of carbonyl (C=O) groups is 1. The van der Waals surface area contributed by atoms with Crippen LogP contribution in [0.25, 0.3) is 11.1 Å². The monoisotopic (exact) mass is 297 g/mol. The summed E-state index contributed by atoms with van der Waals surface area (Å²) in [5.74, 6) is -0.320. The van der Waals surface area contributed by atoms with Crippen LogP contribution in [0, 0.1) is 6.92 Å². The number of anilines is 1. The Morgan fingerprint density at radius 3 is 2.27 bits per heavy atom. The summed E-state index contributed by atoms with van der Waals surface area (Å²) in [5, 5.41) is 3.50. The summed E-state index contributed by atoms with van der Waals surface area (Å²) >= 11 is 0. The van der Waals surface area contributed by atoms with Crippen molar-refractivity contribution in [2.24, 2.45) is 0 Å². The lowest BCUT2D eigenvalue weighted by atomic mass is 9.94. The van der Waals surface area contributed by atoms with Gasteiger partial charge >= 0.3 is 5.97 Å². The first-order chi connectivity index (χ1) is 10.3. The topological polar surface area (TPSA) is 38.3 Å². The summed E-state index contributed by atoms with van der Waals surface area (Å²) in [6.45, 7) is 8.31. The maximum Gasteiger partial charge on any atom is 0.337 e. The largest absolute Gasteiger partial charge is 0.465 e. The molecule has 0 saturated carbocycles. The molecule has 0 aliphatic carbocycles. The van der Waals surface area contributed by atoms with Gasteiger partial charge in [-0.1, -0.05) is 30.3 Å². The molecule has 0 spiro atoms. The Morgan fingerprint density at radius 2 is 1.73 bits per heavy atom. The van der Waals surface area contributed by atoms with Gasteiger partial charge in [0.15, 0.2) is 0 Å². The van der Waals surface area contributed by atoms with Crippen LogP contribution in [-0.4, -0.2) is 18.6 Å². The summed E-state index contributed by atoms with van der Waals surface area (Å²) in [7, 11) is 1.40. The summed E-state index contributed by atoms with van der Waals surface area (Å²) in [6.07, 6.45) is 0. The molecule has 0 heterocycles. The molecule has 0 amide bonds. The molecule has 2 rings (SSSR count). The van der Waals surface area contributed by atoms with E-state index in [0.29, 0.717) is 5.56 Å². The Labute approximate surface area is 132 Å². The molecule has 0 aliphatic rings. The van der Waals surface area contributed by atoms with E-state index in [9.17, 15) is 4.79 Å². The van der Waals surface area contributed by atoms with Crippen molar-refractivity contribution >= 4 is 11.7 Å². The minimum atomic E-state index is -0.320. The Morgan fingerprint density at radius 1 is 1.09 bits per heavy atom. The third-order valence-electron chi connectivity index (χ3n) is 3.33. The molecule has 3 heteroatoms. The average Bonchev–Trinajstić information content (AvgIpc) is 2.45. The van der Waals surface area contributed by atoms with Gasteiger partial charge in [-0.2, -0.15) is 0 Å². The van der Waals surface area contributed by atoms with E-state index >= 15 is 0 Å². The van der Waals surface area contributed by atoms with Gasteiger partial charge < -0.3 is 10.1 Å². The molecular weight excluding hydrogens is 274 g/mol. The van der Waals surface area contributed by atoms with Crippen LogP contribution in [0.2, 0.25) is 0 Å². The maximum absolute atomic E-state index is 11.9. The van der Waals surface area contributed by atoms with Gasteiger partial charge in [-0.3, -0.25) is 0 Å². The van der Waals surface area contributed by atoms with E-state index in [0.717, 1.165) is 22.4 Å². The molecule has 0 bridgehead atoms. The maximum atomic E-state index is 11.9. The molecular formula is C19H23NO2. The van der Waals surface area contributed by atoms with Crippen molar-refractivity contribution in [2.75, 3.05) is 12.4 Å². The lowest BCUT2D eigenvalue weighted by Crippen LogP contribution is -2.26. The quantitative estimate of drug-likeness (QED) is 0.837. The summed E-state index contributed by atoms with van der Waals surface area (Å²) in [6, 6.07) is 13.9. The molecule has 2 aromatic carbocycles. The number of carbonyl (C=O) groups excluding carboxylic acids is 1. The fourth-order valence-electron chi connectivity index (χ4n) is 2.51. The van der Waals surface area contributed by atoms with Gasteiger partial charge in [-0.05, 0) is 51.0 Å². The van der Waals surface area contributed by atoms with Crippen molar-refractivity contribution < 1.29 is 9.53 Å². The van der Waals surface area contributed by atoms with Gasteiger partial charge in [0.05, 0.1) is 12.7 Å². The zero-order valence-corrected chi connectivity index (χ0v) is 13.9. The van der Waals surface area contributed by atoms with E-state index in [1.165, 1.54) is 7.11 Å². The van der Waals surface area contributed by atoms with E-state index in [4.69, 9.17) is 4.74 Å². The smallest absolute Gasteiger partial charge is 0.337 e. The van der Waals surface area contributed by atoms with Crippen molar-refractivity contribution in [2.45, 2.75) is 33.2 Å². The highest BCUT2D eigenvalue weighted by Gasteiger charge is 2.18. The minimum Gasteiger partial charge on any atom is -0.465 e. The molecule has 0 saturated heterocycles. The lowest BCUT2D eigenvalue weighted by molar-refractivity contribution is 0.0600. The zero-order chi connectivity index (χ0) is 16.3. The van der Waals surface area contributed by atoms with Crippen LogP contribution >= 0.6 is 0 Å². The van der Waals surface area contributed by atoms with Crippen LogP contribution < -0.4 is 5.32 Å². The number of esters is 1. The Hall–Kier alpha value is -2.29. The second kappa shape index (κ2) is 6.22. The number of methoxy groups -OCH3 is 1. The third-order valence-corrected chi connectivity index (χ3v) is 3.33. The highest BCUT2D eigenvalue weighted by atomic mass is 16.5. The SMILES string of the molecule is COC(=O)c1cc(C)c(-c2ccccc2)c(NC(C)(C)C)c1. The molecule has 0 unspecified atom stereocenters. The summed E-state index contributed by atoms with van der Waals surface area (Å²) in [5.41, 5.74) is 4.68. The van der Waals surface area contributed by atoms with Gasteiger partial charge in [-0.25, -0.2) is 4.79 Å². The van der Waals surface area contributed by atoms with Crippen LogP contribution in [0.5, 0.6) is 0 Å². The number of nitrogens with one attached hydrogen (secondary N) is 1. The van der Waals surface area contributed by atoms with Crippen molar-refractivity contribution in [3.05, 3.63) is 53.6 Å². The van der Waals surface area contributed by atoms with Crippen molar-refractivity contribution in [1.82, 2.24) is 0 Å². The van der Waals surface area contributed by atoms with Gasteiger partial charge in [0.1, 0.15) is 0 Å². The van der Waals surface area contributed by atoms with E-state index < -0.39 is 0 Å². The summed E-state index contributed by atoms with van der Waals surface area (Å²) < 4.78 is 4.86. The van der Waals surface area contributed by atoms with E-state index in [1.807, 2.05) is 37.3 Å². The van der Waals surface area contributed by atoms with Crippen LogP contribution in [0.1, 0.15) is 36.7 Å². The number of rotatable bonds is 3. The molecule has 0 radical (unpaired) electrons. The van der Waals surface area contributed by atoms with Gasteiger partial charge in [0.25, 0.3) is 0 Å². The van der Waals surface area contributed by atoms with Crippen molar-refractivity contribution in [1.29, 1.82) is 0 Å². The second-order valence-electron chi connectivity index (χ2n) is 6.45. The molecule has 0 atom stereocenters. The Bertz CT molecular complexity index is 670. The molecule has 116 valence electrons. The molecule has 0 fully saturated rings. The predicted octanol–water partition coefficient (Wildman–Crippen LogP) is 4.66. The zero-order valence-electron chi connectivity index (χ0n) is 13.9. The van der Waals surface area contributed by atoms with Gasteiger partial charge in [0.2, 0.25) is 0 Å². The predicted molar refractivity (Wildman–Crippen MR) is 91.3 cm³/mol. The number of hydrogen-bond donors (Lipinski definition) is 1. The van der Waals surface area contributed by atoms with Crippen LogP contribution in [0.3, 0.4) is 0 Å². The first kappa shape index (κ1) is 16.1. The normalized spacial score (nSPS) is 11.1. The van der Waals surface area contributed by atoms with Crippen molar-refractivity contribution in [3.63, 3.8) is 0 Å². The van der Waals surface area contributed by atoms with Crippen LogP contribution in [0.15, 0.2) is 42.5 Å². The second-order valence-corrected chi connectivity index (χ2v) is 6.45. The highest BCUT2D eigenvalue weighted by Crippen LogP contribution is 2.34. The van der Waals surface area contributed by atoms with Crippen LogP contribution in [0.4, 0.5) is 5.69 Å². The summed E-state index contributed by atoms with van der Waals surface area (Å²) in [4.78, 5) is 11.9. The fourth-order valence-corrected chi connectivity index (χ4v) is 2.51. The number of hydrogen-bond acceptors (Lipinski definition) is 3. The average molecular weight is 297 g/mol. The first-order valence-electron chi connectivity index (χ1n) is 7.38. The van der Waals surface area contributed by atoms with E-state index in [1.54, 1.807) is 0 Å². The molecule has 0 aromatic heterocycles. The lowest BCUT2D eigenvalue weighted by Gasteiger charge is -2.26. The Kier molecular flexibility index (Phi) is 4.55. The Balaban J connectivity index is 2.63. The van der Waals surface area contributed by atoms with Gasteiger partial charge in [-0.15, -0.1) is 0 Å². The fraction of sp³-hybridized carbons (Fsp3) is 0.316. The molecule has 0 aliphatic heterocycles. The van der Waals surface area contributed by atoms with Gasteiger partial charge in [0, 0.05) is 16.8 Å². The van der Waals surface area contributed by atoms with E-state index in [2.05, 4.69) is 38.2 Å². The first-order valence-corrected chi connectivity index (χ1v) is 7.38. The highest BCUT2D eigenvalue weighted by molar-refractivity contribution is 5.94. The van der Waals surface area contributed by atoms with Crippen LogP contribution in [-0.2, 0) is 4.74 Å². The molecule has 22 heavy (non-hydrogen) atoms. The van der Waals surface area contributed by atoms with Crippen molar-refractivity contribution in [3.8, 4) is 11.1 Å². The van der Waals surface area contributed by atoms with E-state index in [-0.39, 0.29) is 11.5 Å². The number of benzene rings is 2. The standard InChI is InChI=1S/C19H23NO2/c1-13-11-15(18(21)22-5)12-16(20-19(2,3)4)17(13)14-9-7-6-8-10-14/h6-12,20H,1-5H3.